The molecule has 1 N–H and O–H groups in total. The molecule has 0 amide bonds. The fourth-order valence-electron chi connectivity index (χ4n) is 1.84. The van der Waals surface area contributed by atoms with Crippen LogP contribution in [0, 0.1) is 0 Å². The van der Waals surface area contributed by atoms with Gasteiger partial charge in [0.15, 0.2) is 5.71 Å². The molecule has 0 aliphatic carbocycles. The van der Waals surface area contributed by atoms with Gasteiger partial charge in [-0.15, -0.1) is 0 Å². The van der Waals surface area contributed by atoms with Gasteiger partial charge in [0.1, 0.15) is 0 Å². The second-order valence-electron chi connectivity index (χ2n) is 4.07. The zero-order chi connectivity index (χ0) is 15.8. The molecule has 21 heavy (non-hydrogen) atoms. The third kappa shape index (κ3) is 3.92. The van der Waals surface area contributed by atoms with Crippen LogP contribution in [-0.4, -0.2) is 36.6 Å². The molecule has 1 aromatic rings. The first-order valence-corrected chi connectivity index (χ1v) is 6.27. The monoisotopic (exact) mass is 291 g/mol. The van der Waals surface area contributed by atoms with E-state index in [4.69, 9.17) is 9.94 Å². The average molecular weight is 291 g/mol. The highest BCUT2D eigenvalue weighted by Gasteiger charge is 2.32. The Balaban J connectivity index is 3.28. The Labute approximate surface area is 122 Å². The van der Waals surface area contributed by atoms with Crippen LogP contribution in [0.1, 0.15) is 18.4 Å². The Morgan fingerprint density at radius 3 is 2.38 bits per heavy atom. The number of nitrogens with zero attached hydrogens (tertiary/aromatic N) is 1. The average Bonchev–Trinajstić information content (AvgIpc) is 2.51. The lowest BCUT2D eigenvalue weighted by molar-refractivity contribution is -0.136. The SMILES string of the molecule is C=C(C(=O)OC)C(/C(=N\O)C(=O)OCC)c1ccccc1. The minimum Gasteiger partial charge on any atom is -0.466 e. The molecule has 1 atom stereocenters. The largest absolute Gasteiger partial charge is 0.466 e. The van der Waals surface area contributed by atoms with Gasteiger partial charge in [0.2, 0.25) is 0 Å². The van der Waals surface area contributed by atoms with Gasteiger partial charge in [0.25, 0.3) is 0 Å². The first-order chi connectivity index (χ1) is 10.1. The molecule has 0 aliphatic rings. The molecule has 0 saturated carbocycles. The van der Waals surface area contributed by atoms with E-state index in [2.05, 4.69) is 16.5 Å². The van der Waals surface area contributed by atoms with Crippen LogP contribution < -0.4 is 0 Å². The number of carbonyl (C=O) groups is 2. The Morgan fingerprint density at radius 2 is 1.90 bits per heavy atom. The summed E-state index contributed by atoms with van der Waals surface area (Å²) < 4.78 is 9.46. The molecule has 6 nitrogen and oxygen atoms in total. The predicted molar refractivity (Wildman–Crippen MR) is 76.2 cm³/mol. The molecular formula is C15H17NO5. The van der Waals surface area contributed by atoms with Crippen molar-refractivity contribution in [2.45, 2.75) is 12.8 Å². The fourth-order valence-corrected chi connectivity index (χ4v) is 1.84. The minimum absolute atomic E-state index is 0.0236. The molecule has 112 valence electrons. The van der Waals surface area contributed by atoms with Crippen LogP contribution in [0.15, 0.2) is 47.6 Å². The summed E-state index contributed by atoms with van der Waals surface area (Å²) in [6.45, 7) is 5.38. The predicted octanol–water partition coefficient (Wildman–Crippen LogP) is 1.89. The lowest BCUT2D eigenvalue weighted by Gasteiger charge is -2.18. The van der Waals surface area contributed by atoms with E-state index in [9.17, 15) is 9.59 Å². The number of carbonyl (C=O) groups excluding carboxylic acids is 2. The molecule has 1 aromatic carbocycles. The van der Waals surface area contributed by atoms with Crippen molar-refractivity contribution in [3.05, 3.63) is 48.0 Å². The van der Waals surface area contributed by atoms with Crippen molar-refractivity contribution in [1.82, 2.24) is 0 Å². The lowest BCUT2D eigenvalue weighted by atomic mass is 9.87. The molecule has 1 rings (SSSR count). The van der Waals surface area contributed by atoms with Gasteiger partial charge >= 0.3 is 11.9 Å². The highest BCUT2D eigenvalue weighted by Crippen LogP contribution is 2.26. The highest BCUT2D eigenvalue weighted by atomic mass is 16.5. The summed E-state index contributed by atoms with van der Waals surface area (Å²) >= 11 is 0. The van der Waals surface area contributed by atoms with Crippen molar-refractivity contribution in [3.8, 4) is 0 Å². The summed E-state index contributed by atoms with van der Waals surface area (Å²) in [5, 5.41) is 12.1. The van der Waals surface area contributed by atoms with Gasteiger partial charge in [-0.1, -0.05) is 42.1 Å². The summed E-state index contributed by atoms with van der Waals surface area (Å²) in [6, 6.07) is 8.61. The number of esters is 2. The van der Waals surface area contributed by atoms with Gasteiger partial charge in [0.05, 0.1) is 19.6 Å². The number of benzene rings is 1. The van der Waals surface area contributed by atoms with Crippen LogP contribution in [0.25, 0.3) is 0 Å². The molecule has 6 heteroatoms. The zero-order valence-corrected chi connectivity index (χ0v) is 11.9. The molecular weight excluding hydrogens is 274 g/mol. The van der Waals surface area contributed by atoms with Crippen LogP contribution >= 0.6 is 0 Å². The lowest BCUT2D eigenvalue weighted by Crippen LogP contribution is -2.28. The summed E-state index contributed by atoms with van der Waals surface area (Å²) in [5.41, 5.74) is 0.219. The quantitative estimate of drug-likeness (QED) is 0.284. The maximum atomic E-state index is 11.9. The third-order valence-corrected chi connectivity index (χ3v) is 2.79. The van der Waals surface area contributed by atoms with Crippen molar-refractivity contribution < 1.29 is 24.3 Å². The van der Waals surface area contributed by atoms with Crippen LogP contribution in [-0.2, 0) is 19.1 Å². The van der Waals surface area contributed by atoms with Crippen LogP contribution in [0.3, 0.4) is 0 Å². The molecule has 0 fully saturated rings. The number of hydrogen-bond acceptors (Lipinski definition) is 6. The van der Waals surface area contributed by atoms with Crippen molar-refractivity contribution in [1.29, 1.82) is 0 Å². The van der Waals surface area contributed by atoms with Gasteiger partial charge in [-0.25, -0.2) is 9.59 Å². The zero-order valence-electron chi connectivity index (χ0n) is 11.9. The topological polar surface area (TPSA) is 85.2 Å². The molecule has 0 saturated heterocycles. The third-order valence-electron chi connectivity index (χ3n) is 2.79. The van der Waals surface area contributed by atoms with Crippen molar-refractivity contribution >= 4 is 17.7 Å². The van der Waals surface area contributed by atoms with E-state index in [0.29, 0.717) is 5.56 Å². The summed E-state index contributed by atoms with van der Waals surface area (Å²) in [7, 11) is 1.20. The summed E-state index contributed by atoms with van der Waals surface area (Å²) in [4.78, 5) is 23.6. The van der Waals surface area contributed by atoms with Gasteiger partial charge < -0.3 is 14.7 Å². The Kier molecular flexibility index (Phi) is 6.13. The standard InChI is InChI=1S/C15H17NO5/c1-4-21-15(18)13(16-19)12(10(2)14(17)20-3)11-8-6-5-7-9-11/h5-9,12,19H,2,4H2,1,3H3/b16-13+. The molecule has 0 aromatic heterocycles. The smallest absolute Gasteiger partial charge is 0.357 e. The maximum absolute atomic E-state index is 11.9. The molecule has 0 spiro atoms. The second-order valence-corrected chi connectivity index (χ2v) is 4.07. The van der Waals surface area contributed by atoms with E-state index in [1.807, 2.05) is 0 Å². The summed E-state index contributed by atoms with van der Waals surface area (Å²) in [5.74, 6) is -2.46. The molecule has 0 bridgehead atoms. The van der Waals surface area contributed by atoms with Crippen molar-refractivity contribution in [2.24, 2.45) is 5.16 Å². The number of ether oxygens (including phenoxy) is 2. The fraction of sp³-hybridized carbons (Fsp3) is 0.267. The van der Waals surface area contributed by atoms with E-state index in [-0.39, 0.29) is 17.9 Å². The second kappa shape index (κ2) is 7.84. The van der Waals surface area contributed by atoms with E-state index >= 15 is 0 Å². The van der Waals surface area contributed by atoms with Gasteiger partial charge in [-0.2, -0.15) is 0 Å². The molecule has 0 radical (unpaired) electrons. The van der Waals surface area contributed by atoms with Crippen LogP contribution in [0.2, 0.25) is 0 Å². The first-order valence-electron chi connectivity index (χ1n) is 6.27. The van der Waals surface area contributed by atoms with Crippen molar-refractivity contribution in [2.75, 3.05) is 13.7 Å². The van der Waals surface area contributed by atoms with Crippen LogP contribution in [0.4, 0.5) is 0 Å². The van der Waals surface area contributed by atoms with E-state index in [1.165, 1.54) is 7.11 Å². The Hall–Kier alpha value is -2.63. The number of rotatable bonds is 6. The highest BCUT2D eigenvalue weighted by molar-refractivity contribution is 6.40. The molecule has 1 unspecified atom stereocenters. The van der Waals surface area contributed by atoms with Crippen molar-refractivity contribution in [3.63, 3.8) is 0 Å². The normalized spacial score (nSPS) is 12.4. The molecule has 0 heterocycles. The van der Waals surface area contributed by atoms with E-state index in [0.717, 1.165) is 0 Å². The van der Waals surface area contributed by atoms with Crippen LogP contribution in [0.5, 0.6) is 0 Å². The van der Waals surface area contributed by atoms with Gasteiger partial charge in [0, 0.05) is 5.57 Å². The summed E-state index contributed by atoms with van der Waals surface area (Å²) in [6.07, 6.45) is 0. The first kappa shape index (κ1) is 16.4. The van der Waals surface area contributed by atoms with Gasteiger partial charge in [-0.05, 0) is 12.5 Å². The minimum atomic E-state index is -0.942. The number of oxime groups is 1. The van der Waals surface area contributed by atoms with E-state index < -0.39 is 17.9 Å². The Morgan fingerprint density at radius 1 is 1.29 bits per heavy atom. The number of hydrogen-bond donors (Lipinski definition) is 1. The molecule has 0 aliphatic heterocycles. The Bertz CT molecular complexity index is 550. The van der Waals surface area contributed by atoms with E-state index in [1.54, 1.807) is 37.3 Å². The maximum Gasteiger partial charge on any atom is 0.357 e. The van der Waals surface area contributed by atoms with Gasteiger partial charge in [-0.3, -0.25) is 0 Å². The number of methoxy groups -OCH3 is 1.